The Kier molecular flexibility index (Phi) is 5.47. The van der Waals surface area contributed by atoms with Crippen molar-refractivity contribution in [3.8, 4) is 0 Å². The van der Waals surface area contributed by atoms with Crippen LogP contribution in [0.2, 0.25) is 0 Å². The molecule has 0 saturated heterocycles. The van der Waals surface area contributed by atoms with E-state index in [1.54, 1.807) is 6.08 Å². The molecule has 17 heavy (non-hydrogen) atoms. The summed E-state index contributed by atoms with van der Waals surface area (Å²) in [6, 6.07) is 0.345. The molecule has 2 unspecified atom stereocenters. The van der Waals surface area contributed by atoms with Crippen LogP contribution in [0.1, 0.15) is 32.1 Å². The predicted octanol–water partition coefficient (Wildman–Crippen LogP) is 1.86. The van der Waals surface area contributed by atoms with Gasteiger partial charge < -0.3 is 11.1 Å². The zero-order chi connectivity index (χ0) is 11.5. The third kappa shape index (κ3) is 3.23. The Morgan fingerprint density at radius 1 is 1.35 bits per heavy atom. The lowest BCUT2D eigenvalue weighted by Crippen LogP contribution is -2.49. The maximum absolute atomic E-state index is 11.9. The number of halogens is 1. The van der Waals surface area contributed by atoms with Crippen molar-refractivity contribution in [2.24, 2.45) is 23.5 Å². The molecular formula is C13H23ClN2O. The minimum atomic E-state index is 0. The lowest BCUT2D eigenvalue weighted by Gasteiger charge is -2.43. The average Bonchev–Trinajstić information content (AvgIpc) is 2.25. The highest BCUT2D eigenvalue weighted by atomic mass is 35.5. The molecule has 2 bridgehead atoms. The number of carbonyl (C=O) groups excluding carboxylic acids is 1. The number of rotatable bonds is 3. The van der Waals surface area contributed by atoms with E-state index in [0.717, 1.165) is 12.8 Å². The predicted molar refractivity (Wildman–Crippen MR) is 72.0 cm³/mol. The van der Waals surface area contributed by atoms with Crippen molar-refractivity contribution in [3.05, 3.63) is 12.7 Å². The number of nitrogens with two attached hydrogens (primary N) is 1. The molecule has 0 aromatic heterocycles. The first-order chi connectivity index (χ1) is 7.72. The van der Waals surface area contributed by atoms with Gasteiger partial charge in [0.05, 0.1) is 0 Å². The largest absolute Gasteiger partial charge is 0.352 e. The van der Waals surface area contributed by atoms with E-state index in [1.165, 1.54) is 19.3 Å². The van der Waals surface area contributed by atoms with E-state index in [9.17, 15) is 4.79 Å². The Hall–Kier alpha value is -0.540. The van der Waals surface area contributed by atoms with E-state index in [2.05, 4.69) is 11.9 Å². The van der Waals surface area contributed by atoms with Gasteiger partial charge in [0.1, 0.15) is 0 Å². The molecule has 2 atom stereocenters. The van der Waals surface area contributed by atoms with E-state index in [-0.39, 0.29) is 24.2 Å². The second kappa shape index (κ2) is 6.41. The van der Waals surface area contributed by atoms with Crippen molar-refractivity contribution < 1.29 is 4.79 Å². The summed E-state index contributed by atoms with van der Waals surface area (Å²) in [6.45, 7) is 4.19. The summed E-state index contributed by atoms with van der Waals surface area (Å²) in [7, 11) is 0. The van der Waals surface area contributed by atoms with Crippen molar-refractivity contribution in [3.63, 3.8) is 0 Å². The van der Waals surface area contributed by atoms with Crippen molar-refractivity contribution >= 4 is 18.3 Å². The number of hydrogen-bond acceptors (Lipinski definition) is 2. The number of nitrogens with one attached hydrogen (secondary N) is 1. The maximum atomic E-state index is 11.9. The normalized spacial score (nSPS) is 35.6. The maximum Gasteiger partial charge on any atom is 0.223 e. The zero-order valence-electron chi connectivity index (χ0n) is 10.2. The molecule has 3 nitrogen and oxygen atoms in total. The van der Waals surface area contributed by atoms with Crippen LogP contribution in [0.4, 0.5) is 0 Å². The van der Waals surface area contributed by atoms with Crippen LogP contribution in [0.25, 0.3) is 0 Å². The molecule has 2 aliphatic carbocycles. The molecule has 2 saturated carbocycles. The van der Waals surface area contributed by atoms with Crippen LogP contribution in [0.3, 0.4) is 0 Å². The molecule has 0 aromatic rings. The average molecular weight is 259 g/mol. The van der Waals surface area contributed by atoms with Gasteiger partial charge in [0, 0.05) is 18.5 Å². The van der Waals surface area contributed by atoms with Gasteiger partial charge >= 0.3 is 0 Å². The number of carbonyl (C=O) groups is 1. The van der Waals surface area contributed by atoms with Gasteiger partial charge in [0.25, 0.3) is 0 Å². The van der Waals surface area contributed by atoms with Gasteiger partial charge in [-0.1, -0.05) is 12.5 Å². The molecule has 4 heteroatoms. The Balaban J connectivity index is 0.00000144. The van der Waals surface area contributed by atoms with Crippen LogP contribution in [0.15, 0.2) is 12.7 Å². The molecule has 0 aliphatic heterocycles. The highest BCUT2D eigenvalue weighted by Gasteiger charge is 2.40. The highest BCUT2D eigenvalue weighted by molar-refractivity contribution is 5.85. The summed E-state index contributed by atoms with van der Waals surface area (Å²) in [5.41, 5.74) is 6.20. The highest BCUT2D eigenvalue weighted by Crippen LogP contribution is 2.41. The van der Waals surface area contributed by atoms with Crippen LogP contribution in [-0.4, -0.2) is 18.5 Å². The molecule has 0 aromatic carbocycles. The Morgan fingerprint density at radius 2 is 1.94 bits per heavy atom. The Labute approximate surface area is 110 Å². The second-order valence-electron chi connectivity index (χ2n) is 5.23. The van der Waals surface area contributed by atoms with E-state index in [0.29, 0.717) is 24.4 Å². The molecule has 1 amide bonds. The van der Waals surface area contributed by atoms with Crippen LogP contribution < -0.4 is 11.1 Å². The first-order valence-corrected chi connectivity index (χ1v) is 6.36. The third-order valence-electron chi connectivity index (χ3n) is 4.20. The minimum Gasteiger partial charge on any atom is -0.352 e. The summed E-state index contributed by atoms with van der Waals surface area (Å²) >= 11 is 0. The minimum absolute atomic E-state index is 0. The monoisotopic (exact) mass is 258 g/mol. The van der Waals surface area contributed by atoms with Gasteiger partial charge in [-0.25, -0.2) is 0 Å². The quantitative estimate of drug-likeness (QED) is 0.760. The second-order valence-corrected chi connectivity index (χ2v) is 5.23. The van der Waals surface area contributed by atoms with E-state index in [4.69, 9.17) is 5.73 Å². The number of fused-ring (bicyclic) bond motifs is 2. The summed E-state index contributed by atoms with van der Waals surface area (Å²) in [4.78, 5) is 11.9. The fourth-order valence-electron chi connectivity index (χ4n) is 3.32. The molecule has 0 spiro atoms. The fraction of sp³-hybridized carbons (Fsp3) is 0.769. The molecule has 0 heterocycles. The van der Waals surface area contributed by atoms with E-state index >= 15 is 0 Å². The summed E-state index contributed by atoms with van der Waals surface area (Å²) in [6.07, 6.45) is 7.42. The van der Waals surface area contributed by atoms with Crippen molar-refractivity contribution in [1.29, 1.82) is 0 Å². The van der Waals surface area contributed by atoms with Crippen LogP contribution in [-0.2, 0) is 4.79 Å². The van der Waals surface area contributed by atoms with Gasteiger partial charge in [-0.2, -0.15) is 0 Å². The van der Waals surface area contributed by atoms with Crippen molar-refractivity contribution in [2.45, 2.75) is 38.1 Å². The van der Waals surface area contributed by atoms with Gasteiger partial charge in [0.2, 0.25) is 5.91 Å². The van der Waals surface area contributed by atoms with Gasteiger partial charge in [-0.15, -0.1) is 19.0 Å². The summed E-state index contributed by atoms with van der Waals surface area (Å²) in [5.74, 6) is 1.54. The molecule has 3 N–H and O–H groups in total. The van der Waals surface area contributed by atoms with Crippen LogP contribution >= 0.6 is 12.4 Å². The topological polar surface area (TPSA) is 55.1 Å². The standard InChI is InChI=1S/C13H22N2O.ClH/c1-2-6-15-13(16)11-7-9-4-3-5-10(8-11)12(9)14;/h2,9-12H,1,3-8,14H2,(H,15,16);1H. The smallest absolute Gasteiger partial charge is 0.223 e. The molecule has 0 radical (unpaired) electrons. The molecular weight excluding hydrogens is 236 g/mol. The molecule has 2 rings (SSSR count). The van der Waals surface area contributed by atoms with E-state index < -0.39 is 0 Å². The van der Waals surface area contributed by atoms with Crippen molar-refractivity contribution in [1.82, 2.24) is 5.32 Å². The van der Waals surface area contributed by atoms with Crippen molar-refractivity contribution in [2.75, 3.05) is 6.54 Å². The lowest BCUT2D eigenvalue weighted by molar-refractivity contribution is -0.127. The summed E-state index contributed by atoms with van der Waals surface area (Å²) in [5, 5.41) is 2.91. The first-order valence-electron chi connectivity index (χ1n) is 6.36. The fourth-order valence-corrected chi connectivity index (χ4v) is 3.32. The first kappa shape index (κ1) is 14.5. The molecule has 98 valence electrons. The molecule has 2 aliphatic rings. The van der Waals surface area contributed by atoms with Gasteiger partial charge in [-0.05, 0) is 37.5 Å². The third-order valence-corrected chi connectivity index (χ3v) is 4.20. The Morgan fingerprint density at radius 3 is 2.47 bits per heavy atom. The van der Waals surface area contributed by atoms with Crippen LogP contribution in [0.5, 0.6) is 0 Å². The lowest BCUT2D eigenvalue weighted by atomic mass is 9.65. The number of amides is 1. The van der Waals surface area contributed by atoms with Gasteiger partial charge in [0.15, 0.2) is 0 Å². The zero-order valence-corrected chi connectivity index (χ0v) is 11.0. The van der Waals surface area contributed by atoms with Crippen LogP contribution in [0, 0.1) is 17.8 Å². The SMILES string of the molecule is C=CCNC(=O)C1CC2CCCC(C1)C2N.Cl. The van der Waals surface area contributed by atoms with E-state index in [1.807, 2.05) is 0 Å². The van der Waals surface area contributed by atoms with Gasteiger partial charge in [-0.3, -0.25) is 4.79 Å². The molecule has 2 fully saturated rings. The Bertz CT molecular complexity index is 269. The number of hydrogen-bond donors (Lipinski definition) is 2. The summed E-state index contributed by atoms with van der Waals surface area (Å²) < 4.78 is 0.